The van der Waals surface area contributed by atoms with Crippen LogP contribution in [0.15, 0.2) is 84.0 Å². The minimum Gasteiger partial charge on any atom is -0.320 e. The predicted molar refractivity (Wildman–Crippen MR) is 103 cm³/mol. The fourth-order valence-corrected chi connectivity index (χ4v) is 3.20. The summed E-state index contributed by atoms with van der Waals surface area (Å²) in [4.78, 5) is 13.4. The molecular formula is C21H21N2OS+. The fraction of sp³-hybridized carbons (Fsp3) is 0.143. The number of hydrogen-bond acceptors (Lipinski definition) is 2. The number of amides is 1. The van der Waals surface area contributed by atoms with Crippen LogP contribution in [0.25, 0.3) is 0 Å². The molecule has 0 bridgehead atoms. The van der Waals surface area contributed by atoms with E-state index in [9.17, 15) is 4.79 Å². The zero-order chi connectivity index (χ0) is 17.5. The molecule has 126 valence electrons. The maximum Gasteiger partial charge on any atom is 0.290 e. The SMILES string of the molecule is CSc1ccccc1NC(=O)C[n+]1ccc(Cc2ccccc2)cc1. The lowest BCUT2D eigenvalue weighted by Crippen LogP contribution is -2.39. The number of carbonyl (C=O) groups excluding carboxylic acids is 1. The van der Waals surface area contributed by atoms with Crippen LogP contribution in [0.2, 0.25) is 0 Å². The monoisotopic (exact) mass is 349 g/mol. The number of aromatic nitrogens is 1. The molecule has 0 aliphatic heterocycles. The normalized spacial score (nSPS) is 10.4. The van der Waals surface area contributed by atoms with Crippen LogP contribution in [0, 0.1) is 0 Å². The number of rotatable bonds is 6. The van der Waals surface area contributed by atoms with Gasteiger partial charge in [-0.1, -0.05) is 42.5 Å². The number of carbonyl (C=O) groups is 1. The molecule has 2 aromatic carbocycles. The third kappa shape index (κ3) is 4.94. The van der Waals surface area contributed by atoms with Crippen molar-refractivity contribution in [2.45, 2.75) is 17.9 Å². The summed E-state index contributed by atoms with van der Waals surface area (Å²) in [7, 11) is 0. The van der Waals surface area contributed by atoms with Crippen molar-refractivity contribution in [3.63, 3.8) is 0 Å². The lowest BCUT2D eigenvalue weighted by Gasteiger charge is -2.07. The quantitative estimate of drug-likeness (QED) is 0.540. The van der Waals surface area contributed by atoms with Crippen LogP contribution >= 0.6 is 11.8 Å². The van der Waals surface area contributed by atoms with Gasteiger partial charge < -0.3 is 5.32 Å². The molecule has 25 heavy (non-hydrogen) atoms. The molecule has 1 aromatic heterocycles. The first-order valence-corrected chi connectivity index (χ1v) is 9.42. The first kappa shape index (κ1) is 17.2. The highest BCUT2D eigenvalue weighted by Gasteiger charge is 2.11. The van der Waals surface area contributed by atoms with Crippen molar-refractivity contribution < 1.29 is 9.36 Å². The van der Waals surface area contributed by atoms with Crippen molar-refractivity contribution in [3.05, 3.63) is 90.3 Å². The van der Waals surface area contributed by atoms with E-state index in [-0.39, 0.29) is 5.91 Å². The zero-order valence-corrected chi connectivity index (χ0v) is 15.0. The third-order valence-corrected chi connectivity index (χ3v) is 4.71. The summed E-state index contributed by atoms with van der Waals surface area (Å²) in [5.41, 5.74) is 3.38. The number of pyridine rings is 1. The molecule has 0 atom stereocenters. The highest BCUT2D eigenvalue weighted by molar-refractivity contribution is 7.98. The first-order valence-electron chi connectivity index (χ1n) is 8.19. The Morgan fingerprint density at radius 2 is 1.56 bits per heavy atom. The molecule has 3 aromatic rings. The van der Waals surface area contributed by atoms with Crippen LogP contribution in [0.1, 0.15) is 11.1 Å². The number of nitrogens with zero attached hydrogens (tertiary/aromatic N) is 1. The van der Waals surface area contributed by atoms with E-state index in [0.29, 0.717) is 6.54 Å². The molecule has 0 spiro atoms. The van der Waals surface area contributed by atoms with E-state index < -0.39 is 0 Å². The first-order chi connectivity index (χ1) is 12.2. The van der Waals surface area contributed by atoms with Crippen LogP contribution < -0.4 is 9.88 Å². The molecule has 0 fully saturated rings. The van der Waals surface area contributed by atoms with Crippen molar-refractivity contribution in [2.24, 2.45) is 0 Å². The van der Waals surface area contributed by atoms with E-state index in [1.165, 1.54) is 11.1 Å². The van der Waals surface area contributed by atoms with Crippen molar-refractivity contribution >= 4 is 23.4 Å². The number of hydrogen-bond donors (Lipinski definition) is 1. The minimum atomic E-state index is -0.0256. The maximum absolute atomic E-state index is 12.3. The second-order valence-electron chi connectivity index (χ2n) is 5.79. The van der Waals surface area contributed by atoms with Gasteiger partial charge in [-0.15, -0.1) is 11.8 Å². The third-order valence-electron chi connectivity index (χ3n) is 3.92. The van der Waals surface area contributed by atoms with Crippen LogP contribution in [0.4, 0.5) is 5.69 Å². The van der Waals surface area contributed by atoms with E-state index in [2.05, 4.69) is 41.7 Å². The molecule has 3 nitrogen and oxygen atoms in total. The minimum absolute atomic E-state index is 0.0256. The number of benzene rings is 2. The van der Waals surface area contributed by atoms with E-state index in [1.54, 1.807) is 11.8 Å². The Morgan fingerprint density at radius 3 is 2.28 bits per heavy atom. The summed E-state index contributed by atoms with van der Waals surface area (Å²) in [6, 6.07) is 22.3. The molecule has 0 saturated carbocycles. The van der Waals surface area contributed by atoms with Crippen LogP contribution in [0.3, 0.4) is 0 Å². The standard InChI is InChI=1S/C21H20N2OS/c1-25-20-10-6-5-9-19(20)22-21(24)16-23-13-11-18(12-14-23)15-17-7-3-2-4-8-17/h2-14H,15-16H2,1H3/p+1. The molecule has 3 rings (SSSR count). The average molecular weight is 349 g/mol. The van der Waals surface area contributed by atoms with Crippen molar-refractivity contribution in [1.82, 2.24) is 0 Å². The molecule has 1 amide bonds. The van der Waals surface area contributed by atoms with Gasteiger partial charge >= 0.3 is 0 Å². The van der Waals surface area contributed by atoms with Gasteiger partial charge in [0.25, 0.3) is 5.91 Å². The summed E-state index contributed by atoms with van der Waals surface area (Å²) in [5.74, 6) is -0.0256. The van der Waals surface area contributed by atoms with Gasteiger partial charge in [0.1, 0.15) is 0 Å². The second-order valence-corrected chi connectivity index (χ2v) is 6.64. The zero-order valence-electron chi connectivity index (χ0n) is 14.2. The molecule has 4 heteroatoms. The number of nitrogens with one attached hydrogen (secondary N) is 1. The Bertz CT molecular complexity index is 832. The van der Waals surface area contributed by atoms with Gasteiger partial charge in [-0.2, -0.15) is 4.57 Å². The Labute approximate surface area is 152 Å². The van der Waals surface area contributed by atoms with Gasteiger partial charge in [0.05, 0.1) is 5.69 Å². The molecular weight excluding hydrogens is 328 g/mol. The smallest absolute Gasteiger partial charge is 0.290 e. The summed E-state index contributed by atoms with van der Waals surface area (Å²) in [5, 5.41) is 2.98. The van der Waals surface area contributed by atoms with Crippen LogP contribution in [-0.4, -0.2) is 12.2 Å². The Morgan fingerprint density at radius 1 is 0.920 bits per heavy atom. The van der Waals surface area contributed by atoms with Gasteiger partial charge in [0, 0.05) is 17.0 Å². The molecule has 0 radical (unpaired) electrons. The predicted octanol–water partition coefficient (Wildman–Crippen LogP) is 3.93. The molecule has 0 unspecified atom stereocenters. The summed E-state index contributed by atoms with van der Waals surface area (Å²) in [6.07, 6.45) is 6.82. The lowest BCUT2D eigenvalue weighted by molar-refractivity contribution is -0.684. The number of anilines is 1. The highest BCUT2D eigenvalue weighted by Crippen LogP contribution is 2.24. The van der Waals surface area contributed by atoms with E-state index >= 15 is 0 Å². The average Bonchev–Trinajstić information content (AvgIpc) is 2.64. The van der Waals surface area contributed by atoms with Gasteiger partial charge in [0.15, 0.2) is 12.4 Å². The maximum atomic E-state index is 12.3. The van der Waals surface area contributed by atoms with Crippen LogP contribution in [0.5, 0.6) is 0 Å². The van der Waals surface area contributed by atoms with Gasteiger partial charge in [-0.3, -0.25) is 4.79 Å². The summed E-state index contributed by atoms with van der Waals surface area (Å²) >= 11 is 1.63. The molecule has 0 saturated heterocycles. The largest absolute Gasteiger partial charge is 0.320 e. The van der Waals surface area contributed by atoms with E-state index in [1.807, 2.05) is 53.5 Å². The van der Waals surface area contributed by atoms with Crippen LogP contribution in [-0.2, 0) is 17.8 Å². The van der Waals surface area contributed by atoms with E-state index in [0.717, 1.165) is 17.0 Å². The highest BCUT2D eigenvalue weighted by atomic mass is 32.2. The fourth-order valence-electron chi connectivity index (χ4n) is 2.65. The van der Waals surface area contributed by atoms with Gasteiger partial charge in [-0.05, 0) is 35.9 Å². The Balaban J connectivity index is 1.60. The summed E-state index contributed by atoms with van der Waals surface area (Å²) < 4.78 is 1.89. The van der Waals surface area contributed by atoms with Gasteiger partial charge in [0.2, 0.25) is 6.54 Å². The van der Waals surface area contributed by atoms with Gasteiger partial charge in [-0.25, -0.2) is 0 Å². The molecule has 1 heterocycles. The number of para-hydroxylation sites is 1. The van der Waals surface area contributed by atoms with Crippen molar-refractivity contribution in [3.8, 4) is 0 Å². The second kappa shape index (κ2) is 8.49. The summed E-state index contributed by atoms with van der Waals surface area (Å²) in [6.45, 7) is 0.300. The van der Waals surface area contributed by atoms with Crippen molar-refractivity contribution in [1.29, 1.82) is 0 Å². The van der Waals surface area contributed by atoms with Crippen molar-refractivity contribution in [2.75, 3.05) is 11.6 Å². The Kier molecular flexibility index (Phi) is 5.86. The van der Waals surface area contributed by atoms with E-state index in [4.69, 9.17) is 0 Å². The lowest BCUT2D eigenvalue weighted by atomic mass is 10.1. The molecule has 0 aliphatic rings. The number of thioether (sulfide) groups is 1. The molecule has 0 aliphatic carbocycles. The molecule has 1 N–H and O–H groups in total. The topological polar surface area (TPSA) is 33.0 Å². The Hall–Kier alpha value is -2.59.